The van der Waals surface area contributed by atoms with Crippen LogP contribution in [0.25, 0.3) is 43.9 Å². The molecular formula is C32H26O6P2Si. The van der Waals surface area contributed by atoms with Gasteiger partial charge in [0, 0.05) is 26.7 Å². The molecule has 0 bridgehead atoms. The zero-order chi connectivity index (χ0) is 27.8. The first-order chi connectivity index (χ1) is 20.0. The van der Waals surface area contributed by atoms with E-state index >= 15 is 0 Å². The highest BCUT2D eigenvalue weighted by molar-refractivity contribution is 7.35. The Labute approximate surface area is 239 Å². The maximum absolute atomic E-state index is 6.73. The Balaban J connectivity index is 1.32. The second-order valence-electron chi connectivity index (χ2n) is 9.99. The minimum Gasteiger partial charge on any atom is -0.399 e. The molecule has 0 fully saturated rings. The second kappa shape index (κ2) is 10.7. The maximum Gasteiger partial charge on any atom is 0.453 e. The van der Waals surface area contributed by atoms with Gasteiger partial charge in [0.05, 0.1) is 0 Å². The van der Waals surface area contributed by atoms with E-state index in [0.29, 0.717) is 5.75 Å². The Kier molecular flexibility index (Phi) is 6.74. The van der Waals surface area contributed by atoms with Gasteiger partial charge in [-0.15, -0.1) is 0 Å². The molecule has 0 radical (unpaired) electrons. The van der Waals surface area contributed by atoms with Crippen molar-refractivity contribution in [3.63, 3.8) is 0 Å². The Morgan fingerprint density at radius 1 is 0.463 bits per heavy atom. The van der Waals surface area contributed by atoms with Crippen molar-refractivity contribution < 1.29 is 25.5 Å². The summed E-state index contributed by atoms with van der Waals surface area (Å²) >= 11 is 0. The number of rotatable bonds is 5. The van der Waals surface area contributed by atoms with E-state index in [1.54, 1.807) is 0 Å². The van der Waals surface area contributed by atoms with Gasteiger partial charge in [0.2, 0.25) is 8.32 Å². The quantitative estimate of drug-likeness (QED) is 0.184. The molecular weight excluding hydrogens is 570 g/mol. The molecule has 6 nitrogen and oxygen atoms in total. The van der Waals surface area contributed by atoms with E-state index in [0.717, 1.165) is 49.1 Å². The van der Waals surface area contributed by atoms with Gasteiger partial charge < -0.3 is 25.5 Å². The molecule has 0 amide bonds. The fourth-order valence-corrected chi connectivity index (χ4v) is 10.1. The molecule has 5 aromatic carbocycles. The second-order valence-corrected chi connectivity index (χ2v) is 16.1. The van der Waals surface area contributed by atoms with Crippen LogP contribution in [0.4, 0.5) is 0 Å². The molecule has 204 valence electrons. The Hall–Kier alpha value is -4.12. The highest BCUT2D eigenvalue weighted by Gasteiger charge is 2.33. The number of hydrogen-bond donors (Lipinski definition) is 0. The van der Waals surface area contributed by atoms with E-state index in [1.165, 1.54) is 0 Å². The minimum absolute atomic E-state index is 0.651. The molecule has 0 saturated heterocycles. The summed E-state index contributed by atoms with van der Waals surface area (Å²) < 4.78 is 38.5. The van der Waals surface area contributed by atoms with Crippen LogP contribution in [0.15, 0.2) is 138 Å². The predicted molar refractivity (Wildman–Crippen MR) is 169 cm³/mol. The topological polar surface area (TPSA) is 71.0 Å². The predicted octanol–water partition coefficient (Wildman–Crippen LogP) is 10.3. The summed E-state index contributed by atoms with van der Waals surface area (Å²) in [7, 11) is -6.20. The SMILES string of the molecule is C[Si](C)(Op1oc2ccccc2c2ccccc2o1)c1ccccc1Op1oc2ccccc2c2ccccc2o1. The molecule has 0 unspecified atom stereocenters. The number of hydrogen-bond acceptors (Lipinski definition) is 6. The molecule has 7 rings (SSSR count). The summed E-state index contributed by atoms with van der Waals surface area (Å²) in [6.07, 6.45) is 0. The van der Waals surface area contributed by atoms with Gasteiger partial charge in [0.15, 0.2) is 0 Å². The lowest BCUT2D eigenvalue weighted by molar-refractivity contribution is 0.499. The molecule has 0 atom stereocenters. The third kappa shape index (κ3) is 5.10. The van der Waals surface area contributed by atoms with Crippen LogP contribution in [0.2, 0.25) is 13.1 Å². The smallest absolute Gasteiger partial charge is 0.399 e. The maximum atomic E-state index is 6.73. The van der Waals surface area contributed by atoms with Crippen molar-refractivity contribution in [2.75, 3.05) is 0 Å². The van der Waals surface area contributed by atoms with Crippen molar-refractivity contribution in [3.8, 4) is 5.75 Å². The van der Waals surface area contributed by atoms with Crippen LogP contribution in [0.1, 0.15) is 0 Å². The number of para-hydroxylation sites is 5. The summed E-state index contributed by atoms with van der Waals surface area (Å²) in [6, 6.07) is 39.6. The Morgan fingerprint density at radius 2 is 0.829 bits per heavy atom. The zero-order valence-electron chi connectivity index (χ0n) is 22.4. The first-order valence-electron chi connectivity index (χ1n) is 13.2. The molecule has 0 aliphatic heterocycles. The van der Waals surface area contributed by atoms with Crippen LogP contribution in [0.5, 0.6) is 5.75 Å². The Morgan fingerprint density at radius 3 is 1.29 bits per heavy atom. The summed E-state index contributed by atoms with van der Waals surface area (Å²) in [4.78, 5) is 0. The van der Waals surface area contributed by atoms with Crippen LogP contribution in [0.3, 0.4) is 0 Å². The van der Waals surface area contributed by atoms with Crippen molar-refractivity contribution in [1.82, 2.24) is 0 Å². The molecule has 0 N–H and O–H groups in total. The third-order valence-corrected chi connectivity index (χ3v) is 12.7. The van der Waals surface area contributed by atoms with Gasteiger partial charge in [-0.25, -0.2) is 0 Å². The normalized spacial score (nSPS) is 11.8. The highest BCUT2D eigenvalue weighted by atomic mass is 31.1. The van der Waals surface area contributed by atoms with Gasteiger partial charge in [0.1, 0.15) is 28.1 Å². The molecule has 41 heavy (non-hydrogen) atoms. The Bertz CT molecular complexity index is 2000. The lowest BCUT2D eigenvalue weighted by atomic mass is 10.1. The molecule has 2 heterocycles. The van der Waals surface area contributed by atoms with E-state index in [9.17, 15) is 0 Å². The van der Waals surface area contributed by atoms with E-state index in [2.05, 4.69) is 13.1 Å². The van der Waals surface area contributed by atoms with Gasteiger partial charge in [-0.2, -0.15) is 0 Å². The van der Waals surface area contributed by atoms with Gasteiger partial charge >= 0.3 is 16.5 Å². The van der Waals surface area contributed by atoms with Crippen LogP contribution >= 0.6 is 16.5 Å². The minimum atomic E-state index is -2.66. The van der Waals surface area contributed by atoms with Crippen molar-refractivity contribution in [3.05, 3.63) is 121 Å². The molecule has 9 heteroatoms. The first-order valence-corrected chi connectivity index (χ1v) is 18.3. The van der Waals surface area contributed by atoms with Crippen LogP contribution in [-0.4, -0.2) is 8.32 Å². The average molecular weight is 597 g/mol. The fraction of sp³-hybridized carbons (Fsp3) is 0.0625. The van der Waals surface area contributed by atoms with Gasteiger partial charge in [0.25, 0.3) is 0 Å². The summed E-state index contributed by atoms with van der Waals surface area (Å²) in [6.45, 7) is 4.22. The summed E-state index contributed by atoms with van der Waals surface area (Å²) in [5.41, 5.74) is 2.91. The van der Waals surface area contributed by atoms with Crippen LogP contribution in [-0.2, 0) is 0 Å². The molecule has 0 aliphatic carbocycles. The number of benzene rings is 5. The van der Waals surface area contributed by atoms with E-state index in [-0.39, 0.29) is 0 Å². The van der Waals surface area contributed by atoms with Crippen molar-refractivity contribution in [1.29, 1.82) is 0 Å². The summed E-state index contributed by atoms with van der Waals surface area (Å²) in [5.74, 6) is 0.651. The van der Waals surface area contributed by atoms with E-state index < -0.39 is 24.8 Å². The van der Waals surface area contributed by atoms with Gasteiger partial charge in [-0.1, -0.05) is 91.0 Å². The zero-order valence-corrected chi connectivity index (χ0v) is 25.2. The number of fused-ring (bicyclic) bond motifs is 6. The molecule has 2 aromatic heterocycles. The lowest BCUT2D eigenvalue weighted by Gasteiger charge is -2.22. The largest absolute Gasteiger partial charge is 0.453 e. The van der Waals surface area contributed by atoms with Crippen LogP contribution < -0.4 is 13.9 Å². The summed E-state index contributed by atoms with van der Waals surface area (Å²) in [5, 5.41) is 4.83. The fourth-order valence-electron chi connectivity index (χ4n) is 4.87. The molecule has 7 aromatic rings. The standard InChI is InChI=1S/C32H26O6P2Si/c1-41(2,38-40-35-29-19-9-5-15-25(29)26-16-6-10-20-30(26)36-40)32-22-12-11-21-31(32)37-39-33-27-17-7-3-13-23(27)24-14-4-8-18-28(24)34-39/h3-22H,1-2H3. The first kappa shape index (κ1) is 25.8. The van der Waals surface area contributed by atoms with E-state index in [1.807, 2.05) is 121 Å². The average Bonchev–Trinajstić information content (AvgIpc) is 3.24. The van der Waals surface area contributed by atoms with Crippen molar-refractivity contribution >= 4 is 73.9 Å². The lowest BCUT2D eigenvalue weighted by Crippen LogP contribution is -2.47. The van der Waals surface area contributed by atoms with Gasteiger partial charge in [-0.3, -0.25) is 0 Å². The monoisotopic (exact) mass is 596 g/mol. The van der Waals surface area contributed by atoms with Crippen LogP contribution in [0, 0.1) is 0 Å². The van der Waals surface area contributed by atoms with Crippen molar-refractivity contribution in [2.24, 2.45) is 0 Å². The van der Waals surface area contributed by atoms with Crippen molar-refractivity contribution in [2.45, 2.75) is 13.1 Å². The highest BCUT2D eigenvalue weighted by Crippen LogP contribution is 2.39. The van der Waals surface area contributed by atoms with Gasteiger partial charge in [-0.05, 0) is 43.4 Å². The third-order valence-electron chi connectivity index (χ3n) is 6.83. The molecule has 0 saturated carbocycles. The van der Waals surface area contributed by atoms with E-state index in [4.69, 9.17) is 25.5 Å². The molecule has 0 spiro atoms. The molecule has 0 aliphatic rings.